The fraction of sp³-hybridized carbons (Fsp3) is 0.591. The second-order valence-electron chi connectivity index (χ2n) is 8.14. The first-order valence-corrected chi connectivity index (χ1v) is 10.4. The molecule has 5 heteroatoms. The zero-order valence-electron chi connectivity index (χ0n) is 16.8. The van der Waals surface area contributed by atoms with Crippen molar-refractivity contribution in [3.63, 3.8) is 0 Å². The number of ether oxygens (including phenoxy) is 1. The molecule has 0 bridgehead atoms. The van der Waals surface area contributed by atoms with Gasteiger partial charge in [0, 0.05) is 49.7 Å². The summed E-state index contributed by atoms with van der Waals surface area (Å²) in [7, 11) is 0. The van der Waals surface area contributed by atoms with Gasteiger partial charge in [0.1, 0.15) is 17.5 Å². The number of carbonyl (C=O) groups is 1. The van der Waals surface area contributed by atoms with Crippen LogP contribution in [0, 0.1) is 0 Å². The molecule has 1 aromatic heterocycles. The highest BCUT2D eigenvalue weighted by Crippen LogP contribution is 2.29. The number of benzene rings is 1. The van der Waals surface area contributed by atoms with Gasteiger partial charge in [-0.25, -0.2) is 0 Å². The Morgan fingerprint density at radius 1 is 1.11 bits per heavy atom. The Morgan fingerprint density at radius 2 is 1.89 bits per heavy atom. The third kappa shape index (κ3) is 3.57. The molecule has 1 aromatic carbocycles. The van der Waals surface area contributed by atoms with Gasteiger partial charge in [0.25, 0.3) is 5.91 Å². The van der Waals surface area contributed by atoms with Crippen LogP contribution in [0.25, 0.3) is 10.9 Å². The van der Waals surface area contributed by atoms with Crippen LogP contribution in [0.2, 0.25) is 0 Å². The maximum absolute atomic E-state index is 12.7. The van der Waals surface area contributed by atoms with Crippen molar-refractivity contribution in [3.8, 4) is 5.75 Å². The summed E-state index contributed by atoms with van der Waals surface area (Å²) >= 11 is 0. The summed E-state index contributed by atoms with van der Waals surface area (Å²) in [4.78, 5) is 17.2. The van der Waals surface area contributed by atoms with E-state index in [0.717, 1.165) is 74.3 Å². The Labute approximate surface area is 161 Å². The monoisotopic (exact) mass is 369 g/mol. The minimum atomic E-state index is 0.155. The first kappa shape index (κ1) is 18.4. The lowest BCUT2D eigenvalue weighted by molar-refractivity contribution is 0.0707. The minimum absolute atomic E-state index is 0.155. The van der Waals surface area contributed by atoms with Gasteiger partial charge in [-0.1, -0.05) is 6.92 Å². The quantitative estimate of drug-likeness (QED) is 0.805. The predicted octanol–water partition coefficient (Wildman–Crippen LogP) is 3.76. The molecule has 0 N–H and O–H groups in total. The normalized spacial score (nSPS) is 19.1. The van der Waals surface area contributed by atoms with Crippen LogP contribution in [0.4, 0.5) is 0 Å². The molecular formula is C22H31N3O2. The molecule has 2 aliphatic rings. The molecule has 146 valence electrons. The molecule has 3 heterocycles. The molecular weight excluding hydrogens is 338 g/mol. The Hall–Kier alpha value is -2.01. The highest BCUT2D eigenvalue weighted by atomic mass is 16.5. The summed E-state index contributed by atoms with van der Waals surface area (Å²) in [5.41, 5.74) is 1.95. The standard InChI is InChI=1S/C22H31N3O2/c1-4-9-24-12-13-25-20-6-5-19(14-17(20)15-21(25)22(24)26)27-18-7-10-23(11-8-18)16(2)3/h5-6,14-16,18H,4,7-13H2,1-3H3. The molecule has 0 radical (unpaired) electrons. The van der Waals surface area contributed by atoms with E-state index in [2.05, 4.69) is 48.4 Å². The van der Waals surface area contributed by atoms with Crippen molar-refractivity contribution in [1.29, 1.82) is 0 Å². The second kappa shape index (κ2) is 7.55. The fourth-order valence-corrected chi connectivity index (χ4v) is 4.41. The van der Waals surface area contributed by atoms with Crippen LogP contribution in [0.15, 0.2) is 24.3 Å². The Kier molecular flexibility index (Phi) is 5.13. The van der Waals surface area contributed by atoms with Gasteiger partial charge in [-0.15, -0.1) is 0 Å². The molecule has 1 saturated heterocycles. The lowest BCUT2D eigenvalue weighted by atomic mass is 10.1. The first-order valence-electron chi connectivity index (χ1n) is 10.4. The lowest BCUT2D eigenvalue weighted by Crippen LogP contribution is -2.41. The van der Waals surface area contributed by atoms with Crippen LogP contribution < -0.4 is 4.74 Å². The number of fused-ring (bicyclic) bond motifs is 3. The van der Waals surface area contributed by atoms with Gasteiger partial charge in [-0.2, -0.15) is 0 Å². The van der Waals surface area contributed by atoms with Crippen LogP contribution in [0.5, 0.6) is 5.75 Å². The lowest BCUT2D eigenvalue weighted by Gasteiger charge is -2.34. The van der Waals surface area contributed by atoms with Crippen LogP contribution >= 0.6 is 0 Å². The van der Waals surface area contributed by atoms with E-state index in [1.165, 1.54) is 0 Å². The van der Waals surface area contributed by atoms with E-state index >= 15 is 0 Å². The highest BCUT2D eigenvalue weighted by molar-refractivity contribution is 5.99. The Morgan fingerprint density at radius 3 is 2.59 bits per heavy atom. The summed E-state index contributed by atoms with van der Waals surface area (Å²) < 4.78 is 8.44. The maximum Gasteiger partial charge on any atom is 0.270 e. The third-order valence-corrected chi connectivity index (χ3v) is 5.98. The zero-order chi connectivity index (χ0) is 19.0. The van der Waals surface area contributed by atoms with Crippen LogP contribution in [0.3, 0.4) is 0 Å². The van der Waals surface area contributed by atoms with E-state index in [1.54, 1.807) is 0 Å². The number of aromatic nitrogens is 1. The number of hydrogen-bond acceptors (Lipinski definition) is 3. The number of hydrogen-bond donors (Lipinski definition) is 0. The molecule has 1 fully saturated rings. The van der Waals surface area contributed by atoms with Crippen molar-refractivity contribution in [1.82, 2.24) is 14.4 Å². The van der Waals surface area contributed by atoms with Crippen LogP contribution in [-0.2, 0) is 6.54 Å². The summed E-state index contributed by atoms with van der Waals surface area (Å²) in [5, 5.41) is 1.11. The number of nitrogens with zero attached hydrogens (tertiary/aromatic N) is 3. The summed E-state index contributed by atoms with van der Waals surface area (Å²) in [6.45, 7) is 11.4. The molecule has 0 aliphatic carbocycles. The molecule has 0 unspecified atom stereocenters. The Bertz CT molecular complexity index is 818. The molecule has 4 rings (SSSR count). The fourth-order valence-electron chi connectivity index (χ4n) is 4.41. The van der Waals surface area contributed by atoms with Crippen LogP contribution in [0.1, 0.15) is 50.5 Å². The number of rotatable bonds is 5. The van der Waals surface area contributed by atoms with E-state index in [9.17, 15) is 4.79 Å². The summed E-state index contributed by atoms with van der Waals surface area (Å²) in [6.07, 6.45) is 3.44. The first-order chi connectivity index (χ1) is 13.1. The van der Waals surface area contributed by atoms with Gasteiger partial charge in [0.05, 0.1) is 0 Å². The number of amides is 1. The van der Waals surface area contributed by atoms with E-state index in [1.807, 2.05) is 11.0 Å². The third-order valence-electron chi connectivity index (χ3n) is 5.98. The van der Waals surface area contributed by atoms with Gasteiger partial charge >= 0.3 is 0 Å². The van der Waals surface area contributed by atoms with Crippen molar-refractivity contribution < 1.29 is 9.53 Å². The predicted molar refractivity (Wildman–Crippen MR) is 108 cm³/mol. The second-order valence-corrected chi connectivity index (χ2v) is 8.14. The van der Waals surface area contributed by atoms with Crippen molar-refractivity contribution in [2.75, 3.05) is 26.2 Å². The molecule has 5 nitrogen and oxygen atoms in total. The molecule has 2 aromatic rings. The van der Waals surface area contributed by atoms with Gasteiger partial charge in [0.2, 0.25) is 0 Å². The minimum Gasteiger partial charge on any atom is -0.490 e. The zero-order valence-corrected chi connectivity index (χ0v) is 16.8. The highest BCUT2D eigenvalue weighted by Gasteiger charge is 2.26. The molecule has 0 spiro atoms. The van der Waals surface area contributed by atoms with Gasteiger partial charge < -0.3 is 19.1 Å². The van der Waals surface area contributed by atoms with E-state index in [4.69, 9.17) is 4.74 Å². The van der Waals surface area contributed by atoms with Crippen molar-refractivity contribution in [2.24, 2.45) is 0 Å². The molecule has 1 amide bonds. The van der Waals surface area contributed by atoms with Gasteiger partial charge in [0.15, 0.2) is 0 Å². The summed E-state index contributed by atoms with van der Waals surface area (Å²) in [5.74, 6) is 1.08. The maximum atomic E-state index is 12.7. The Balaban J connectivity index is 1.50. The van der Waals surface area contributed by atoms with Gasteiger partial charge in [-0.05, 0) is 57.4 Å². The van der Waals surface area contributed by atoms with Gasteiger partial charge in [-0.3, -0.25) is 4.79 Å². The number of piperidine rings is 1. The number of carbonyl (C=O) groups excluding carboxylic acids is 1. The molecule has 27 heavy (non-hydrogen) atoms. The summed E-state index contributed by atoms with van der Waals surface area (Å²) in [6, 6.07) is 8.92. The van der Waals surface area contributed by atoms with Crippen molar-refractivity contribution in [3.05, 3.63) is 30.0 Å². The van der Waals surface area contributed by atoms with Crippen molar-refractivity contribution >= 4 is 16.8 Å². The topological polar surface area (TPSA) is 37.7 Å². The molecule has 0 atom stereocenters. The van der Waals surface area contributed by atoms with E-state index in [0.29, 0.717) is 6.04 Å². The SMILES string of the molecule is CCCN1CCn2c(cc3cc(OC4CCN(C(C)C)CC4)ccc32)C1=O. The molecule has 0 saturated carbocycles. The van der Waals surface area contributed by atoms with Crippen molar-refractivity contribution in [2.45, 2.75) is 58.7 Å². The molecule has 2 aliphatic heterocycles. The van der Waals surface area contributed by atoms with Crippen LogP contribution in [-0.4, -0.2) is 58.6 Å². The smallest absolute Gasteiger partial charge is 0.270 e. The van der Waals surface area contributed by atoms with E-state index < -0.39 is 0 Å². The van der Waals surface area contributed by atoms with E-state index in [-0.39, 0.29) is 12.0 Å². The number of likely N-dealkylation sites (tertiary alicyclic amines) is 1. The average Bonchev–Trinajstić information content (AvgIpc) is 3.03. The largest absolute Gasteiger partial charge is 0.490 e. The average molecular weight is 370 g/mol.